The summed E-state index contributed by atoms with van der Waals surface area (Å²) in [6, 6.07) is 0. The van der Waals surface area contributed by atoms with Crippen molar-refractivity contribution in [1.29, 1.82) is 0 Å². The SMILES string of the molecule is CCCCCCCCCCCC(=O)OC(=O)CCC(C)(C)CO. The summed E-state index contributed by atoms with van der Waals surface area (Å²) in [6.07, 6.45) is 11.8. The van der Waals surface area contributed by atoms with Crippen LogP contribution in [0.5, 0.6) is 0 Å². The van der Waals surface area contributed by atoms with Gasteiger partial charge in [-0.15, -0.1) is 0 Å². The van der Waals surface area contributed by atoms with Crippen LogP contribution in [0.25, 0.3) is 0 Å². The van der Waals surface area contributed by atoms with E-state index in [4.69, 9.17) is 9.84 Å². The molecule has 4 heteroatoms. The van der Waals surface area contributed by atoms with E-state index in [0.29, 0.717) is 12.8 Å². The second-order valence-electron chi connectivity index (χ2n) is 7.25. The third kappa shape index (κ3) is 14.4. The van der Waals surface area contributed by atoms with Gasteiger partial charge in [-0.3, -0.25) is 9.59 Å². The van der Waals surface area contributed by atoms with Gasteiger partial charge in [0, 0.05) is 19.4 Å². The van der Waals surface area contributed by atoms with Crippen LogP contribution in [0.15, 0.2) is 0 Å². The molecule has 0 aromatic heterocycles. The Bertz CT molecular complexity index is 323. The van der Waals surface area contributed by atoms with Crippen molar-refractivity contribution in [3.8, 4) is 0 Å². The predicted molar refractivity (Wildman–Crippen MR) is 93.0 cm³/mol. The molecule has 0 heterocycles. The molecule has 4 nitrogen and oxygen atoms in total. The van der Waals surface area contributed by atoms with Crippen LogP contribution in [-0.4, -0.2) is 23.7 Å². The first kappa shape index (κ1) is 22.1. The standard InChI is InChI=1S/C19H36O4/c1-4-5-6-7-8-9-10-11-12-13-17(21)23-18(22)14-15-19(2,3)16-20/h20H,4-16H2,1-3H3. The molecule has 0 saturated heterocycles. The summed E-state index contributed by atoms with van der Waals surface area (Å²) >= 11 is 0. The summed E-state index contributed by atoms with van der Waals surface area (Å²) in [5.74, 6) is -0.896. The van der Waals surface area contributed by atoms with E-state index in [1.165, 1.54) is 38.5 Å². The van der Waals surface area contributed by atoms with Gasteiger partial charge >= 0.3 is 11.9 Å². The Morgan fingerprint density at radius 1 is 0.826 bits per heavy atom. The fourth-order valence-electron chi connectivity index (χ4n) is 2.33. The largest absolute Gasteiger partial charge is 0.396 e. The maximum Gasteiger partial charge on any atom is 0.313 e. The lowest BCUT2D eigenvalue weighted by Gasteiger charge is -2.20. The van der Waals surface area contributed by atoms with Gasteiger partial charge in [0.1, 0.15) is 0 Å². The monoisotopic (exact) mass is 328 g/mol. The van der Waals surface area contributed by atoms with Crippen molar-refractivity contribution >= 4 is 11.9 Å². The Hall–Kier alpha value is -0.900. The second kappa shape index (κ2) is 13.5. The normalized spacial score (nSPS) is 11.5. The number of ether oxygens (including phenoxy) is 1. The minimum Gasteiger partial charge on any atom is -0.396 e. The molecular formula is C19H36O4. The lowest BCUT2D eigenvalue weighted by atomic mass is 9.89. The fourth-order valence-corrected chi connectivity index (χ4v) is 2.33. The van der Waals surface area contributed by atoms with Crippen LogP contribution in [-0.2, 0) is 14.3 Å². The Morgan fingerprint density at radius 3 is 1.83 bits per heavy atom. The molecule has 23 heavy (non-hydrogen) atoms. The van der Waals surface area contributed by atoms with Crippen molar-refractivity contribution in [2.45, 2.75) is 97.8 Å². The molecule has 0 aromatic rings. The van der Waals surface area contributed by atoms with Crippen LogP contribution < -0.4 is 0 Å². The Morgan fingerprint density at radius 2 is 1.30 bits per heavy atom. The van der Waals surface area contributed by atoms with Crippen molar-refractivity contribution in [2.75, 3.05) is 6.61 Å². The third-order valence-corrected chi connectivity index (χ3v) is 4.15. The number of aliphatic hydroxyl groups is 1. The van der Waals surface area contributed by atoms with E-state index in [9.17, 15) is 9.59 Å². The van der Waals surface area contributed by atoms with Gasteiger partial charge in [0.2, 0.25) is 0 Å². The van der Waals surface area contributed by atoms with E-state index >= 15 is 0 Å². The van der Waals surface area contributed by atoms with Gasteiger partial charge in [0.05, 0.1) is 0 Å². The number of esters is 2. The molecule has 0 atom stereocenters. The average molecular weight is 328 g/mol. The molecular weight excluding hydrogens is 292 g/mol. The summed E-state index contributed by atoms with van der Waals surface area (Å²) in [6.45, 7) is 6.00. The van der Waals surface area contributed by atoms with Gasteiger partial charge in [-0.25, -0.2) is 0 Å². The maximum atomic E-state index is 11.6. The van der Waals surface area contributed by atoms with Gasteiger partial charge in [-0.05, 0) is 18.3 Å². The van der Waals surface area contributed by atoms with E-state index in [2.05, 4.69) is 6.92 Å². The lowest BCUT2D eigenvalue weighted by Crippen LogP contribution is -2.20. The van der Waals surface area contributed by atoms with Crippen LogP contribution in [0, 0.1) is 5.41 Å². The number of hydrogen-bond acceptors (Lipinski definition) is 4. The number of hydrogen-bond donors (Lipinski definition) is 1. The topological polar surface area (TPSA) is 63.6 Å². The average Bonchev–Trinajstić information content (AvgIpc) is 2.51. The number of rotatable bonds is 14. The molecule has 0 aliphatic rings. The van der Waals surface area contributed by atoms with E-state index in [-0.39, 0.29) is 18.4 Å². The molecule has 0 aliphatic heterocycles. The lowest BCUT2D eigenvalue weighted by molar-refractivity contribution is -0.160. The second-order valence-corrected chi connectivity index (χ2v) is 7.25. The highest BCUT2D eigenvalue weighted by Gasteiger charge is 2.19. The Labute approximate surface area is 142 Å². The minimum absolute atomic E-state index is 0.0205. The fraction of sp³-hybridized carbons (Fsp3) is 0.895. The summed E-state index contributed by atoms with van der Waals surface area (Å²) in [5.41, 5.74) is -0.306. The first-order valence-corrected chi connectivity index (χ1v) is 9.25. The first-order valence-electron chi connectivity index (χ1n) is 9.25. The van der Waals surface area contributed by atoms with Gasteiger partial charge in [-0.2, -0.15) is 0 Å². The number of carbonyl (C=O) groups is 2. The summed E-state index contributed by atoms with van der Waals surface area (Å²) in [5, 5.41) is 9.12. The van der Waals surface area contributed by atoms with E-state index in [1.54, 1.807) is 0 Å². The number of carbonyl (C=O) groups excluding carboxylic acids is 2. The molecule has 0 fully saturated rings. The molecule has 0 bridgehead atoms. The molecule has 0 spiro atoms. The molecule has 0 unspecified atom stereocenters. The number of unbranched alkanes of at least 4 members (excludes halogenated alkanes) is 8. The highest BCUT2D eigenvalue weighted by atomic mass is 16.6. The van der Waals surface area contributed by atoms with Crippen LogP contribution in [0.4, 0.5) is 0 Å². The van der Waals surface area contributed by atoms with Crippen LogP contribution in [0.1, 0.15) is 97.8 Å². The van der Waals surface area contributed by atoms with E-state index < -0.39 is 11.9 Å². The molecule has 0 aliphatic carbocycles. The van der Waals surface area contributed by atoms with Gasteiger partial charge in [0.15, 0.2) is 0 Å². The van der Waals surface area contributed by atoms with E-state index in [0.717, 1.165) is 19.3 Å². The van der Waals surface area contributed by atoms with Crippen molar-refractivity contribution in [3.05, 3.63) is 0 Å². The zero-order chi connectivity index (χ0) is 17.6. The highest BCUT2D eigenvalue weighted by molar-refractivity contribution is 5.85. The quantitative estimate of drug-likeness (QED) is 0.283. The molecule has 0 saturated carbocycles. The smallest absolute Gasteiger partial charge is 0.313 e. The maximum absolute atomic E-state index is 11.6. The van der Waals surface area contributed by atoms with Gasteiger partial charge in [-0.1, -0.05) is 72.1 Å². The highest BCUT2D eigenvalue weighted by Crippen LogP contribution is 2.21. The Kier molecular flexibility index (Phi) is 13.0. The van der Waals surface area contributed by atoms with Crippen molar-refractivity contribution in [1.82, 2.24) is 0 Å². The first-order chi connectivity index (χ1) is 10.9. The molecule has 0 rings (SSSR count). The molecule has 0 aromatic carbocycles. The number of aliphatic hydroxyl groups excluding tert-OH is 1. The molecule has 0 radical (unpaired) electrons. The summed E-state index contributed by atoms with van der Waals surface area (Å²) in [4.78, 5) is 23.1. The summed E-state index contributed by atoms with van der Waals surface area (Å²) < 4.78 is 4.80. The zero-order valence-electron chi connectivity index (χ0n) is 15.4. The van der Waals surface area contributed by atoms with Crippen molar-refractivity contribution in [3.63, 3.8) is 0 Å². The summed E-state index contributed by atoms with van der Waals surface area (Å²) in [7, 11) is 0. The molecule has 0 amide bonds. The van der Waals surface area contributed by atoms with Crippen LogP contribution in [0.2, 0.25) is 0 Å². The minimum atomic E-state index is -0.479. The van der Waals surface area contributed by atoms with Gasteiger partial charge < -0.3 is 9.84 Å². The van der Waals surface area contributed by atoms with Crippen molar-refractivity contribution < 1.29 is 19.4 Å². The molecule has 1 N–H and O–H groups in total. The van der Waals surface area contributed by atoms with Crippen LogP contribution in [0.3, 0.4) is 0 Å². The van der Waals surface area contributed by atoms with E-state index in [1.807, 2.05) is 13.8 Å². The third-order valence-electron chi connectivity index (χ3n) is 4.15. The van der Waals surface area contributed by atoms with Crippen LogP contribution >= 0.6 is 0 Å². The van der Waals surface area contributed by atoms with Gasteiger partial charge in [0.25, 0.3) is 0 Å². The molecule has 136 valence electrons. The Balaban J connectivity index is 3.51. The zero-order valence-corrected chi connectivity index (χ0v) is 15.4. The predicted octanol–water partition coefficient (Wildman–Crippen LogP) is 4.78. The van der Waals surface area contributed by atoms with Crippen molar-refractivity contribution in [2.24, 2.45) is 5.41 Å².